The minimum Gasteiger partial charge on any atom is -0.312 e. The molecule has 3 nitrogen and oxygen atoms in total. The fraction of sp³-hybridized carbons (Fsp3) is 0.571. The van der Waals surface area contributed by atoms with Crippen LogP contribution in [0.15, 0.2) is 24.3 Å². The highest BCUT2D eigenvalue weighted by molar-refractivity contribution is 7.91. The summed E-state index contributed by atoms with van der Waals surface area (Å²) >= 11 is 0. The Morgan fingerprint density at radius 2 is 1.72 bits per heavy atom. The van der Waals surface area contributed by atoms with Crippen molar-refractivity contribution in [3.8, 4) is 0 Å². The lowest BCUT2D eigenvalue weighted by molar-refractivity contribution is 0.589. The predicted molar refractivity (Wildman–Crippen MR) is 76.5 cm³/mol. The summed E-state index contributed by atoms with van der Waals surface area (Å²) in [7, 11) is -2.86. The summed E-state index contributed by atoms with van der Waals surface area (Å²) in [6.07, 6.45) is 1.70. The zero-order valence-corrected chi connectivity index (χ0v) is 12.1. The van der Waals surface area contributed by atoms with Crippen molar-refractivity contribution in [3.05, 3.63) is 35.4 Å². The quantitative estimate of drug-likeness (QED) is 0.736. The number of sulfone groups is 1. The average molecular weight is 269 g/mol. The van der Waals surface area contributed by atoms with Crippen LogP contribution < -0.4 is 5.32 Å². The fourth-order valence-corrected chi connectivity index (χ4v) is 3.22. The number of aryl methyl sites for hydroxylation is 1. The van der Waals surface area contributed by atoms with E-state index in [9.17, 15) is 8.42 Å². The van der Waals surface area contributed by atoms with Gasteiger partial charge >= 0.3 is 0 Å². The molecule has 1 rings (SSSR count). The van der Waals surface area contributed by atoms with Crippen LogP contribution in [0.5, 0.6) is 0 Å². The zero-order valence-electron chi connectivity index (χ0n) is 11.3. The van der Waals surface area contributed by atoms with Crippen molar-refractivity contribution in [1.29, 1.82) is 0 Å². The number of hydrogen-bond acceptors (Lipinski definition) is 3. The molecule has 0 saturated heterocycles. The normalized spacial score (nSPS) is 11.7. The van der Waals surface area contributed by atoms with Crippen LogP contribution in [0.4, 0.5) is 0 Å². The third kappa shape index (κ3) is 5.19. The van der Waals surface area contributed by atoms with Gasteiger partial charge in [-0.25, -0.2) is 8.42 Å². The molecule has 4 heteroatoms. The molecule has 1 aromatic carbocycles. The SMILES string of the molecule is CCCS(=O)(=O)CCNCc1ccccc1CC. The molecular weight excluding hydrogens is 246 g/mol. The van der Waals surface area contributed by atoms with E-state index >= 15 is 0 Å². The van der Waals surface area contributed by atoms with E-state index in [0.29, 0.717) is 18.7 Å². The lowest BCUT2D eigenvalue weighted by Gasteiger charge is -2.09. The molecule has 0 fully saturated rings. The van der Waals surface area contributed by atoms with Crippen LogP contribution >= 0.6 is 0 Å². The van der Waals surface area contributed by atoms with Gasteiger partial charge in [0.05, 0.1) is 5.75 Å². The molecule has 0 aliphatic carbocycles. The summed E-state index contributed by atoms with van der Waals surface area (Å²) in [5.74, 6) is 0.523. The van der Waals surface area contributed by atoms with Gasteiger partial charge in [-0.3, -0.25) is 0 Å². The minimum absolute atomic E-state index is 0.231. The van der Waals surface area contributed by atoms with E-state index in [1.54, 1.807) is 0 Å². The Morgan fingerprint density at radius 3 is 2.33 bits per heavy atom. The van der Waals surface area contributed by atoms with E-state index in [0.717, 1.165) is 13.0 Å². The molecule has 0 aliphatic heterocycles. The van der Waals surface area contributed by atoms with Gasteiger partial charge in [0.1, 0.15) is 0 Å². The number of hydrogen-bond donors (Lipinski definition) is 1. The van der Waals surface area contributed by atoms with E-state index in [-0.39, 0.29) is 5.75 Å². The number of nitrogens with one attached hydrogen (secondary N) is 1. The Morgan fingerprint density at radius 1 is 1.06 bits per heavy atom. The highest BCUT2D eigenvalue weighted by Crippen LogP contribution is 2.08. The maximum Gasteiger partial charge on any atom is 0.151 e. The van der Waals surface area contributed by atoms with Gasteiger partial charge in [0.25, 0.3) is 0 Å². The number of rotatable bonds is 8. The van der Waals surface area contributed by atoms with Crippen molar-refractivity contribution in [2.45, 2.75) is 33.2 Å². The molecule has 1 N–H and O–H groups in total. The summed E-state index contributed by atoms with van der Waals surface area (Å²) in [4.78, 5) is 0. The van der Waals surface area contributed by atoms with Gasteiger partial charge < -0.3 is 5.32 Å². The molecule has 0 aliphatic rings. The van der Waals surface area contributed by atoms with Crippen LogP contribution in [0.2, 0.25) is 0 Å². The van der Waals surface area contributed by atoms with Gasteiger partial charge in [0, 0.05) is 18.8 Å². The average Bonchev–Trinajstić information content (AvgIpc) is 2.35. The molecule has 0 saturated carbocycles. The number of benzene rings is 1. The molecule has 0 unspecified atom stereocenters. The van der Waals surface area contributed by atoms with Gasteiger partial charge in [-0.2, -0.15) is 0 Å². The third-order valence-electron chi connectivity index (χ3n) is 2.92. The Kier molecular flexibility index (Phi) is 6.36. The Labute approximate surface area is 111 Å². The Balaban J connectivity index is 2.38. The van der Waals surface area contributed by atoms with E-state index in [2.05, 4.69) is 24.4 Å². The molecule has 18 heavy (non-hydrogen) atoms. The van der Waals surface area contributed by atoms with Crippen LogP contribution in [0.25, 0.3) is 0 Å². The van der Waals surface area contributed by atoms with Crippen molar-refractivity contribution < 1.29 is 8.42 Å². The standard InChI is InChI=1S/C14H23NO2S/c1-3-10-18(16,17)11-9-15-12-14-8-6-5-7-13(14)4-2/h5-8,15H,3-4,9-12H2,1-2H3. The van der Waals surface area contributed by atoms with Crippen molar-refractivity contribution in [3.63, 3.8) is 0 Å². The molecule has 102 valence electrons. The van der Waals surface area contributed by atoms with Crippen LogP contribution in [0.1, 0.15) is 31.4 Å². The second kappa shape index (κ2) is 7.54. The fourth-order valence-electron chi connectivity index (χ4n) is 1.94. The Hall–Kier alpha value is -0.870. The second-order valence-electron chi connectivity index (χ2n) is 4.45. The second-order valence-corrected chi connectivity index (χ2v) is 6.75. The maximum absolute atomic E-state index is 11.5. The summed E-state index contributed by atoms with van der Waals surface area (Å²) < 4.78 is 23.0. The van der Waals surface area contributed by atoms with E-state index in [4.69, 9.17) is 0 Å². The third-order valence-corrected chi connectivity index (χ3v) is 4.78. The molecule has 0 atom stereocenters. The summed E-state index contributed by atoms with van der Waals surface area (Å²) in [6, 6.07) is 8.26. The molecule has 0 radical (unpaired) electrons. The summed E-state index contributed by atoms with van der Waals surface area (Å²) in [5, 5.41) is 3.21. The van der Waals surface area contributed by atoms with E-state index in [1.807, 2.05) is 19.1 Å². The first-order valence-electron chi connectivity index (χ1n) is 6.57. The smallest absolute Gasteiger partial charge is 0.151 e. The van der Waals surface area contributed by atoms with Gasteiger partial charge in [0.15, 0.2) is 9.84 Å². The van der Waals surface area contributed by atoms with Gasteiger partial charge in [-0.1, -0.05) is 38.1 Å². The summed E-state index contributed by atoms with van der Waals surface area (Å²) in [5.41, 5.74) is 2.58. The lowest BCUT2D eigenvalue weighted by Crippen LogP contribution is -2.24. The molecule has 0 spiro atoms. The van der Waals surface area contributed by atoms with E-state index < -0.39 is 9.84 Å². The molecule has 0 amide bonds. The van der Waals surface area contributed by atoms with Crippen LogP contribution in [-0.4, -0.2) is 26.5 Å². The molecule has 1 aromatic rings. The zero-order chi connectivity index (χ0) is 13.4. The van der Waals surface area contributed by atoms with Crippen LogP contribution in [0.3, 0.4) is 0 Å². The summed E-state index contributed by atoms with van der Waals surface area (Å²) in [6.45, 7) is 5.29. The minimum atomic E-state index is -2.86. The van der Waals surface area contributed by atoms with Crippen molar-refractivity contribution in [2.24, 2.45) is 0 Å². The highest BCUT2D eigenvalue weighted by atomic mass is 32.2. The molecule has 0 aromatic heterocycles. The molecular formula is C14H23NO2S. The largest absolute Gasteiger partial charge is 0.312 e. The monoisotopic (exact) mass is 269 g/mol. The predicted octanol–water partition coefficient (Wildman–Crippen LogP) is 2.16. The first kappa shape index (κ1) is 15.2. The maximum atomic E-state index is 11.5. The first-order valence-corrected chi connectivity index (χ1v) is 8.39. The lowest BCUT2D eigenvalue weighted by atomic mass is 10.1. The van der Waals surface area contributed by atoms with Gasteiger partial charge in [-0.15, -0.1) is 0 Å². The van der Waals surface area contributed by atoms with Gasteiger partial charge in [0.2, 0.25) is 0 Å². The first-order chi connectivity index (χ1) is 8.59. The van der Waals surface area contributed by atoms with Crippen LogP contribution in [-0.2, 0) is 22.8 Å². The van der Waals surface area contributed by atoms with Crippen molar-refractivity contribution >= 4 is 9.84 Å². The van der Waals surface area contributed by atoms with E-state index in [1.165, 1.54) is 11.1 Å². The van der Waals surface area contributed by atoms with Crippen molar-refractivity contribution in [1.82, 2.24) is 5.32 Å². The molecule has 0 heterocycles. The topological polar surface area (TPSA) is 46.2 Å². The van der Waals surface area contributed by atoms with Gasteiger partial charge in [-0.05, 0) is 24.0 Å². The van der Waals surface area contributed by atoms with Crippen LogP contribution in [0, 0.1) is 0 Å². The Bertz CT molecular complexity index is 455. The molecule has 0 bridgehead atoms. The highest BCUT2D eigenvalue weighted by Gasteiger charge is 2.08. The van der Waals surface area contributed by atoms with Crippen molar-refractivity contribution in [2.75, 3.05) is 18.1 Å².